The van der Waals surface area contributed by atoms with Crippen LogP contribution in [0.15, 0.2) is 48.7 Å². The third kappa shape index (κ3) is 3.97. The molecule has 3 aromatic rings. The summed E-state index contributed by atoms with van der Waals surface area (Å²) in [4.78, 5) is 12.1. The van der Waals surface area contributed by atoms with Crippen LogP contribution in [0.2, 0.25) is 0 Å². The Bertz CT molecular complexity index is 911. The number of nitrogens with one attached hydrogen (secondary N) is 1. The van der Waals surface area contributed by atoms with Crippen LogP contribution < -0.4 is 10.1 Å². The topological polar surface area (TPSA) is 69.0 Å². The number of ether oxygens (including phenoxy) is 1. The van der Waals surface area contributed by atoms with Crippen LogP contribution >= 0.6 is 0 Å². The lowest BCUT2D eigenvalue weighted by atomic mass is 10.1. The molecular weight excluding hydrogens is 330 g/mol. The summed E-state index contributed by atoms with van der Waals surface area (Å²) in [5.41, 5.74) is 1.30. The Hall–Kier alpha value is -3.29. The van der Waals surface area contributed by atoms with Crippen LogP contribution in [0, 0.1) is 11.6 Å². The smallest absolute Gasteiger partial charge is 0.246 e. The molecule has 0 saturated heterocycles. The first-order valence-electron chi connectivity index (χ1n) is 7.34. The largest absolute Gasteiger partial charge is 0.497 e. The van der Waals surface area contributed by atoms with Crippen molar-refractivity contribution in [2.45, 2.75) is 6.54 Å². The van der Waals surface area contributed by atoms with Crippen molar-refractivity contribution >= 4 is 11.6 Å². The lowest BCUT2D eigenvalue weighted by Crippen LogP contribution is -2.19. The van der Waals surface area contributed by atoms with E-state index in [0.29, 0.717) is 22.7 Å². The zero-order chi connectivity index (χ0) is 17.8. The van der Waals surface area contributed by atoms with Crippen LogP contribution in [-0.2, 0) is 11.3 Å². The highest BCUT2D eigenvalue weighted by Gasteiger charge is 2.10. The van der Waals surface area contributed by atoms with E-state index in [1.54, 1.807) is 24.3 Å². The summed E-state index contributed by atoms with van der Waals surface area (Å²) in [5, 5.41) is 10.4. The number of halogens is 2. The summed E-state index contributed by atoms with van der Waals surface area (Å²) in [6, 6.07) is 10.4. The van der Waals surface area contributed by atoms with Gasteiger partial charge >= 0.3 is 0 Å². The number of benzene rings is 2. The Labute approximate surface area is 142 Å². The van der Waals surface area contributed by atoms with Crippen LogP contribution in [0.1, 0.15) is 0 Å². The van der Waals surface area contributed by atoms with Gasteiger partial charge in [-0.1, -0.05) is 11.3 Å². The maximum atomic E-state index is 13.3. The summed E-state index contributed by atoms with van der Waals surface area (Å²) < 4.78 is 32.7. The second-order valence-electron chi connectivity index (χ2n) is 5.21. The molecule has 0 bridgehead atoms. The van der Waals surface area contributed by atoms with Crippen LogP contribution in [0.5, 0.6) is 5.75 Å². The van der Waals surface area contributed by atoms with Crippen molar-refractivity contribution in [1.82, 2.24) is 15.0 Å². The normalized spacial score (nSPS) is 10.5. The van der Waals surface area contributed by atoms with E-state index in [4.69, 9.17) is 4.74 Å². The molecule has 8 heteroatoms. The molecule has 2 aromatic carbocycles. The lowest BCUT2D eigenvalue weighted by Gasteiger charge is -2.06. The SMILES string of the molecule is COc1cccc(NC(=O)Cn2cc(-c3ccc(F)c(F)c3)nn2)c1. The molecule has 0 aliphatic rings. The van der Waals surface area contributed by atoms with E-state index in [0.717, 1.165) is 12.1 Å². The van der Waals surface area contributed by atoms with Gasteiger partial charge in [0, 0.05) is 17.3 Å². The molecule has 0 unspecified atom stereocenters. The van der Waals surface area contributed by atoms with E-state index in [9.17, 15) is 13.6 Å². The fraction of sp³-hybridized carbons (Fsp3) is 0.118. The van der Waals surface area contributed by atoms with Gasteiger partial charge in [0.25, 0.3) is 0 Å². The van der Waals surface area contributed by atoms with Gasteiger partial charge < -0.3 is 10.1 Å². The Kier molecular flexibility index (Phi) is 4.69. The molecule has 0 aliphatic heterocycles. The van der Waals surface area contributed by atoms with E-state index in [1.165, 1.54) is 24.1 Å². The fourth-order valence-corrected chi connectivity index (χ4v) is 2.21. The van der Waals surface area contributed by atoms with Crippen molar-refractivity contribution in [2.24, 2.45) is 0 Å². The molecule has 1 aromatic heterocycles. The van der Waals surface area contributed by atoms with Gasteiger partial charge in [0.2, 0.25) is 5.91 Å². The number of rotatable bonds is 5. The van der Waals surface area contributed by atoms with Crippen molar-refractivity contribution in [3.63, 3.8) is 0 Å². The summed E-state index contributed by atoms with van der Waals surface area (Å²) in [7, 11) is 1.54. The monoisotopic (exact) mass is 344 g/mol. The first-order valence-corrected chi connectivity index (χ1v) is 7.34. The Morgan fingerprint density at radius 1 is 1.20 bits per heavy atom. The van der Waals surface area contributed by atoms with Crippen molar-refractivity contribution in [3.8, 4) is 17.0 Å². The summed E-state index contributed by atoms with van der Waals surface area (Å²) >= 11 is 0. The molecule has 1 N–H and O–H groups in total. The molecule has 25 heavy (non-hydrogen) atoms. The second-order valence-corrected chi connectivity index (χ2v) is 5.21. The van der Waals surface area contributed by atoms with Gasteiger partial charge in [-0.25, -0.2) is 13.5 Å². The average molecular weight is 344 g/mol. The van der Waals surface area contributed by atoms with Gasteiger partial charge in [-0.05, 0) is 30.3 Å². The van der Waals surface area contributed by atoms with Crippen molar-refractivity contribution in [1.29, 1.82) is 0 Å². The Balaban J connectivity index is 1.68. The molecule has 0 atom stereocenters. The number of carbonyl (C=O) groups excluding carboxylic acids is 1. The van der Waals surface area contributed by atoms with Gasteiger partial charge in [-0.3, -0.25) is 4.79 Å². The number of methoxy groups -OCH3 is 1. The van der Waals surface area contributed by atoms with E-state index < -0.39 is 11.6 Å². The molecule has 1 heterocycles. The summed E-state index contributed by atoms with van der Waals surface area (Å²) in [6.07, 6.45) is 1.48. The molecule has 1 amide bonds. The lowest BCUT2D eigenvalue weighted by molar-refractivity contribution is -0.116. The van der Waals surface area contributed by atoms with Crippen molar-refractivity contribution in [2.75, 3.05) is 12.4 Å². The molecule has 128 valence electrons. The second kappa shape index (κ2) is 7.08. The number of carbonyl (C=O) groups is 1. The number of anilines is 1. The fourth-order valence-electron chi connectivity index (χ4n) is 2.21. The van der Waals surface area contributed by atoms with Crippen LogP contribution in [0.4, 0.5) is 14.5 Å². The van der Waals surface area contributed by atoms with E-state index in [1.807, 2.05) is 0 Å². The van der Waals surface area contributed by atoms with Gasteiger partial charge in [0.1, 0.15) is 18.0 Å². The first-order chi connectivity index (χ1) is 12.0. The maximum Gasteiger partial charge on any atom is 0.246 e. The number of nitrogens with zero attached hydrogens (tertiary/aromatic N) is 3. The van der Waals surface area contributed by atoms with E-state index in [-0.39, 0.29) is 12.5 Å². The van der Waals surface area contributed by atoms with Gasteiger partial charge in [0.15, 0.2) is 11.6 Å². The van der Waals surface area contributed by atoms with Gasteiger partial charge in [-0.15, -0.1) is 5.10 Å². The molecule has 6 nitrogen and oxygen atoms in total. The average Bonchev–Trinajstić information content (AvgIpc) is 3.05. The quantitative estimate of drug-likeness (QED) is 0.773. The van der Waals surface area contributed by atoms with Crippen LogP contribution in [-0.4, -0.2) is 28.0 Å². The highest BCUT2D eigenvalue weighted by atomic mass is 19.2. The number of aromatic nitrogens is 3. The molecule has 0 radical (unpaired) electrons. The maximum absolute atomic E-state index is 13.3. The standard InChI is InChI=1S/C17H14F2N4O2/c1-25-13-4-2-3-12(8-13)20-17(24)10-23-9-16(21-22-23)11-5-6-14(18)15(19)7-11/h2-9H,10H2,1H3,(H,20,24). The predicted octanol–water partition coefficient (Wildman–Crippen LogP) is 2.87. The van der Waals surface area contributed by atoms with E-state index in [2.05, 4.69) is 15.6 Å². The van der Waals surface area contributed by atoms with Crippen molar-refractivity contribution < 1.29 is 18.3 Å². The summed E-state index contributed by atoms with van der Waals surface area (Å²) in [6.45, 7) is -0.0755. The van der Waals surface area contributed by atoms with Crippen LogP contribution in [0.3, 0.4) is 0 Å². The molecular formula is C17H14F2N4O2. The molecule has 3 rings (SSSR count). The number of amides is 1. The molecule has 0 saturated carbocycles. The third-order valence-corrected chi connectivity index (χ3v) is 3.41. The zero-order valence-corrected chi connectivity index (χ0v) is 13.2. The van der Waals surface area contributed by atoms with E-state index >= 15 is 0 Å². The highest BCUT2D eigenvalue weighted by Crippen LogP contribution is 2.19. The van der Waals surface area contributed by atoms with Gasteiger partial charge in [-0.2, -0.15) is 0 Å². The Morgan fingerprint density at radius 2 is 2.04 bits per heavy atom. The first kappa shape index (κ1) is 16.6. The molecule has 0 fully saturated rings. The molecule has 0 spiro atoms. The summed E-state index contributed by atoms with van der Waals surface area (Å²) in [5.74, 6) is -1.59. The third-order valence-electron chi connectivity index (χ3n) is 3.41. The van der Waals surface area contributed by atoms with Gasteiger partial charge in [0.05, 0.1) is 13.3 Å². The minimum absolute atomic E-state index is 0.0755. The number of hydrogen-bond donors (Lipinski definition) is 1. The number of hydrogen-bond acceptors (Lipinski definition) is 4. The van der Waals surface area contributed by atoms with Crippen LogP contribution in [0.25, 0.3) is 11.3 Å². The highest BCUT2D eigenvalue weighted by molar-refractivity contribution is 5.90. The minimum atomic E-state index is -0.970. The molecule has 0 aliphatic carbocycles. The zero-order valence-electron chi connectivity index (χ0n) is 13.2. The predicted molar refractivity (Wildman–Crippen MR) is 87.0 cm³/mol. The Morgan fingerprint density at radius 3 is 2.80 bits per heavy atom. The van der Waals surface area contributed by atoms with Crippen molar-refractivity contribution in [3.05, 3.63) is 60.3 Å². The minimum Gasteiger partial charge on any atom is -0.497 e.